The van der Waals surface area contributed by atoms with Crippen LogP contribution in [0.25, 0.3) is 0 Å². The normalized spacial score (nSPS) is 9.29. The Morgan fingerprint density at radius 2 is 1.76 bits per heavy atom. The van der Waals surface area contributed by atoms with Gasteiger partial charge in [0.15, 0.2) is 5.78 Å². The average Bonchev–Trinajstić information content (AvgIpc) is 2.26. The number of ketones is 2. The third kappa shape index (κ3) is 6.81. The zero-order valence-corrected chi connectivity index (χ0v) is 9.66. The Balaban J connectivity index is 0.00000256. The minimum atomic E-state index is -0.188. The van der Waals surface area contributed by atoms with E-state index in [4.69, 9.17) is 4.74 Å². The molecule has 0 unspecified atom stereocenters. The number of hydrogen-bond acceptors (Lipinski definition) is 3. The van der Waals surface area contributed by atoms with Gasteiger partial charge < -0.3 is 4.74 Å². The fourth-order valence-corrected chi connectivity index (χ4v) is 1.31. The molecule has 0 aliphatic carbocycles. The molecule has 0 fully saturated rings. The van der Waals surface area contributed by atoms with Crippen molar-refractivity contribution in [3.8, 4) is 5.75 Å². The van der Waals surface area contributed by atoms with Gasteiger partial charge in [0.25, 0.3) is 0 Å². The van der Waals surface area contributed by atoms with Crippen LogP contribution in [0.4, 0.5) is 0 Å². The van der Waals surface area contributed by atoms with Crippen LogP contribution < -0.4 is 4.74 Å². The monoisotopic (exact) mass is 262 g/mol. The van der Waals surface area contributed by atoms with E-state index < -0.39 is 0 Å². The molecular formula is C13H18CaO3. The fraction of sp³-hybridized carbons (Fsp3) is 0.385. The Morgan fingerprint density at radius 3 is 2.24 bits per heavy atom. The number of hydrogen-bond donors (Lipinski definition) is 0. The average molecular weight is 262 g/mol. The van der Waals surface area contributed by atoms with Crippen LogP contribution in [0.1, 0.15) is 25.8 Å². The van der Waals surface area contributed by atoms with E-state index in [1.54, 1.807) is 0 Å². The van der Waals surface area contributed by atoms with Crippen LogP contribution in [-0.2, 0) is 16.0 Å². The van der Waals surface area contributed by atoms with E-state index in [2.05, 4.69) is 6.92 Å². The third-order valence-electron chi connectivity index (χ3n) is 2.18. The first kappa shape index (κ1) is 16.6. The third-order valence-corrected chi connectivity index (χ3v) is 2.18. The number of carbonyl (C=O) groups is 2. The molecule has 0 spiro atoms. The SMILES string of the molecule is CCc1ccc(OCC(=O)CC(C)=O)cc1.[CaH2]. The van der Waals surface area contributed by atoms with Gasteiger partial charge in [0.1, 0.15) is 18.1 Å². The molecule has 0 aliphatic rings. The molecule has 0 aromatic heterocycles. The summed E-state index contributed by atoms with van der Waals surface area (Å²) < 4.78 is 5.27. The van der Waals surface area contributed by atoms with Crippen molar-refractivity contribution in [1.82, 2.24) is 0 Å². The van der Waals surface area contributed by atoms with Crippen molar-refractivity contribution in [2.75, 3.05) is 6.61 Å². The van der Waals surface area contributed by atoms with Gasteiger partial charge in [-0.05, 0) is 31.0 Å². The van der Waals surface area contributed by atoms with Gasteiger partial charge >= 0.3 is 37.7 Å². The molecule has 90 valence electrons. The van der Waals surface area contributed by atoms with Crippen molar-refractivity contribution in [3.05, 3.63) is 29.8 Å². The van der Waals surface area contributed by atoms with E-state index in [0.29, 0.717) is 5.75 Å². The van der Waals surface area contributed by atoms with Gasteiger partial charge in [-0.15, -0.1) is 0 Å². The molecule has 0 radical (unpaired) electrons. The second-order valence-corrected chi connectivity index (χ2v) is 3.70. The molecule has 0 saturated heterocycles. The van der Waals surface area contributed by atoms with Crippen LogP contribution in [0.15, 0.2) is 24.3 Å². The van der Waals surface area contributed by atoms with Gasteiger partial charge in [0.05, 0.1) is 6.42 Å². The van der Waals surface area contributed by atoms with Gasteiger partial charge in [0, 0.05) is 0 Å². The van der Waals surface area contributed by atoms with Crippen LogP contribution in [-0.4, -0.2) is 55.9 Å². The molecule has 0 bridgehead atoms. The maximum absolute atomic E-state index is 11.2. The van der Waals surface area contributed by atoms with Crippen LogP contribution in [0.2, 0.25) is 0 Å². The number of carbonyl (C=O) groups excluding carboxylic acids is 2. The summed E-state index contributed by atoms with van der Waals surface area (Å²) in [5.74, 6) is 0.344. The minimum absolute atomic E-state index is 0. The molecule has 0 atom stereocenters. The summed E-state index contributed by atoms with van der Waals surface area (Å²) in [7, 11) is 0. The Labute approximate surface area is 132 Å². The van der Waals surface area contributed by atoms with E-state index in [9.17, 15) is 9.59 Å². The van der Waals surface area contributed by atoms with Crippen LogP contribution in [0.3, 0.4) is 0 Å². The summed E-state index contributed by atoms with van der Waals surface area (Å²) in [4.78, 5) is 21.9. The molecule has 17 heavy (non-hydrogen) atoms. The van der Waals surface area contributed by atoms with Crippen molar-refractivity contribution in [2.24, 2.45) is 0 Å². The van der Waals surface area contributed by atoms with Gasteiger partial charge in [-0.1, -0.05) is 19.1 Å². The van der Waals surface area contributed by atoms with E-state index in [1.165, 1.54) is 12.5 Å². The first-order chi connectivity index (χ1) is 7.61. The Morgan fingerprint density at radius 1 is 1.18 bits per heavy atom. The Hall–Kier alpha value is -0.380. The van der Waals surface area contributed by atoms with E-state index >= 15 is 0 Å². The molecule has 1 aromatic carbocycles. The van der Waals surface area contributed by atoms with E-state index in [-0.39, 0.29) is 62.3 Å². The topological polar surface area (TPSA) is 43.4 Å². The summed E-state index contributed by atoms with van der Waals surface area (Å²) in [6.07, 6.45) is 0.927. The maximum atomic E-state index is 11.2. The van der Waals surface area contributed by atoms with E-state index in [0.717, 1.165) is 6.42 Å². The second kappa shape index (κ2) is 8.67. The zero-order valence-electron chi connectivity index (χ0n) is 9.66. The van der Waals surface area contributed by atoms with Crippen molar-refractivity contribution < 1.29 is 14.3 Å². The predicted molar refractivity (Wildman–Crippen MR) is 70.2 cm³/mol. The first-order valence-electron chi connectivity index (χ1n) is 5.34. The standard InChI is InChI=1S/C13H16O3.Ca.2H/c1-3-11-4-6-13(7-5-11)16-9-12(15)8-10(2)14;;;/h4-7H,3,8-9H2,1-2H3;;;. The summed E-state index contributed by atoms with van der Waals surface area (Å²) in [6, 6.07) is 7.59. The quantitative estimate of drug-likeness (QED) is 0.572. The Kier molecular flexibility index (Phi) is 8.48. The molecule has 0 N–H and O–H groups in total. The molecule has 0 aliphatic heterocycles. The van der Waals surface area contributed by atoms with Gasteiger partial charge in [-0.25, -0.2) is 0 Å². The molecular weight excluding hydrogens is 244 g/mol. The van der Waals surface area contributed by atoms with Gasteiger partial charge in [0.2, 0.25) is 0 Å². The summed E-state index contributed by atoms with van der Waals surface area (Å²) >= 11 is 0. The second-order valence-electron chi connectivity index (χ2n) is 3.70. The van der Waals surface area contributed by atoms with Crippen molar-refractivity contribution in [1.29, 1.82) is 0 Å². The van der Waals surface area contributed by atoms with Crippen molar-refractivity contribution >= 4 is 49.3 Å². The molecule has 1 aromatic rings. The Bertz CT molecular complexity index is 371. The summed E-state index contributed by atoms with van der Waals surface area (Å²) in [5, 5.41) is 0. The fourth-order valence-electron chi connectivity index (χ4n) is 1.31. The number of Topliss-reactive ketones (excluding diaryl/α,β-unsaturated/α-hetero) is 2. The number of benzene rings is 1. The predicted octanol–water partition coefficient (Wildman–Crippen LogP) is 1.26. The molecule has 4 heteroatoms. The van der Waals surface area contributed by atoms with Crippen molar-refractivity contribution in [2.45, 2.75) is 26.7 Å². The summed E-state index contributed by atoms with van der Waals surface area (Å²) in [6.45, 7) is 3.44. The van der Waals surface area contributed by atoms with Gasteiger partial charge in [-0.2, -0.15) is 0 Å². The van der Waals surface area contributed by atoms with Crippen LogP contribution in [0.5, 0.6) is 5.75 Å². The van der Waals surface area contributed by atoms with Crippen molar-refractivity contribution in [3.63, 3.8) is 0 Å². The first-order valence-corrected chi connectivity index (χ1v) is 5.34. The van der Waals surface area contributed by atoms with E-state index in [1.807, 2.05) is 24.3 Å². The van der Waals surface area contributed by atoms with Crippen LogP contribution >= 0.6 is 0 Å². The zero-order chi connectivity index (χ0) is 12.0. The molecule has 3 nitrogen and oxygen atoms in total. The number of ether oxygens (including phenoxy) is 1. The van der Waals surface area contributed by atoms with Gasteiger partial charge in [-0.3, -0.25) is 9.59 Å². The van der Waals surface area contributed by atoms with Crippen LogP contribution in [0, 0.1) is 0 Å². The number of aryl methyl sites for hydroxylation is 1. The summed E-state index contributed by atoms with van der Waals surface area (Å²) in [5.41, 5.74) is 1.22. The molecule has 0 amide bonds. The molecule has 1 rings (SSSR count). The number of rotatable bonds is 6. The molecule has 0 saturated carbocycles. The molecule has 0 heterocycles.